The van der Waals surface area contributed by atoms with Crippen molar-refractivity contribution in [3.05, 3.63) is 51.6 Å². The standard InChI is InChI=1S/C19H22ClFN4O/c1-12(15-5-7-18(21)17(20)11-15)23-19(26)8-6-16-13(2)24-25(14(16)3)10-4-9-22/h5,7,11-12H,4,6,8,10H2,1-3H3,(H,23,26). The largest absolute Gasteiger partial charge is 0.350 e. The maximum absolute atomic E-state index is 13.2. The molecule has 0 bridgehead atoms. The van der Waals surface area contributed by atoms with Crippen molar-refractivity contribution in [2.24, 2.45) is 0 Å². The Balaban J connectivity index is 1.95. The van der Waals surface area contributed by atoms with Gasteiger partial charge in [0, 0.05) is 12.1 Å². The minimum absolute atomic E-state index is 0.0413. The number of benzene rings is 1. The van der Waals surface area contributed by atoms with Gasteiger partial charge in [0.05, 0.1) is 35.8 Å². The van der Waals surface area contributed by atoms with Crippen LogP contribution in [0.15, 0.2) is 18.2 Å². The Kier molecular flexibility index (Phi) is 6.76. The molecule has 0 saturated heterocycles. The minimum atomic E-state index is -0.478. The van der Waals surface area contributed by atoms with E-state index in [-0.39, 0.29) is 17.0 Å². The number of nitrogens with one attached hydrogen (secondary N) is 1. The molecule has 0 saturated carbocycles. The number of amides is 1. The second kappa shape index (κ2) is 8.81. The van der Waals surface area contributed by atoms with Crippen LogP contribution >= 0.6 is 11.6 Å². The third-order valence-corrected chi connectivity index (χ3v) is 4.68. The number of nitriles is 1. The van der Waals surface area contributed by atoms with Gasteiger partial charge in [0.25, 0.3) is 0 Å². The van der Waals surface area contributed by atoms with E-state index < -0.39 is 5.82 Å². The average Bonchev–Trinajstić information content (AvgIpc) is 2.87. The van der Waals surface area contributed by atoms with Crippen LogP contribution in [0.3, 0.4) is 0 Å². The zero-order valence-corrected chi connectivity index (χ0v) is 15.9. The fourth-order valence-electron chi connectivity index (χ4n) is 2.89. The molecule has 7 heteroatoms. The van der Waals surface area contributed by atoms with E-state index in [4.69, 9.17) is 16.9 Å². The third kappa shape index (κ3) is 4.83. The fourth-order valence-corrected chi connectivity index (χ4v) is 3.08. The Labute approximate surface area is 157 Å². The predicted molar refractivity (Wildman–Crippen MR) is 98.2 cm³/mol. The van der Waals surface area contributed by atoms with Gasteiger partial charge >= 0.3 is 0 Å². The molecule has 0 aliphatic carbocycles. The first kappa shape index (κ1) is 19.9. The van der Waals surface area contributed by atoms with Crippen LogP contribution < -0.4 is 5.32 Å². The van der Waals surface area contributed by atoms with Gasteiger partial charge in [-0.3, -0.25) is 9.48 Å². The molecular formula is C19H22ClFN4O. The van der Waals surface area contributed by atoms with Crippen LogP contribution in [-0.4, -0.2) is 15.7 Å². The van der Waals surface area contributed by atoms with E-state index in [9.17, 15) is 9.18 Å². The number of carbonyl (C=O) groups excluding carboxylic acids is 1. The van der Waals surface area contributed by atoms with Gasteiger partial charge in [-0.2, -0.15) is 10.4 Å². The molecule has 0 spiro atoms. The van der Waals surface area contributed by atoms with Gasteiger partial charge in [-0.05, 0) is 50.5 Å². The molecule has 138 valence electrons. The highest BCUT2D eigenvalue weighted by Crippen LogP contribution is 2.21. The van der Waals surface area contributed by atoms with Crippen molar-refractivity contribution in [2.75, 3.05) is 0 Å². The quantitative estimate of drug-likeness (QED) is 0.793. The zero-order valence-electron chi connectivity index (χ0n) is 15.1. The van der Waals surface area contributed by atoms with Gasteiger partial charge in [0.15, 0.2) is 0 Å². The van der Waals surface area contributed by atoms with Crippen LogP contribution in [-0.2, 0) is 17.8 Å². The first-order valence-corrected chi connectivity index (χ1v) is 8.85. The molecule has 1 amide bonds. The molecule has 2 rings (SSSR count). The lowest BCUT2D eigenvalue weighted by Crippen LogP contribution is -2.27. The van der Waals surface area contributed by atoms with Gasteiger partial charge < -0.3 is 5.32 Å². The zero-order chi connectivity index (χ0) is 19.3. The summed E-state index contributed by atoms with van der Waals surface area (Å²) in [5.41, 5.74) is 3.66. The normalized spacial score (nSPS) is 11.8. The topological polar surface area (TPSA) is 70.7 Å². The Morgan fingerprint density at radius 2 is 2.19 bits per heavy atom. The monoisotopic (exact) mass is 376 g/mol. The Morgan fingerprint density at radius 1 is 1.46 bits per heavy atom. The average molecular weight is 377 g/mol. The highest BCUT2D eigenvalue weighted by Gasteiger charge is 2.15. The smallest absolute Gasteiger partial charge is 0.220 e. The Hall–Kier alpha value is -2.39. The van der Waals surface area contributed by atoms with Gasteiger partial charge in [-0.25, -0.2) is 4.39 Å². The Bertz CT molecular complexity index is 841. The summed E-state index contributed by atoms with van der Waals surface area (Å²) in [7, 11) is 0. The number of hydrogen-bond donors (Lipinski definition) is 1. The molecule has 1 atom stereocenters. The Morgan fingerprint density at radius 3 is 2.85 bits per heavy atom. The molecule has 1 aromatic heterocycles. The molecule has 2 aromatic rings. The summed E-state index contributed by atoms with van der Waals surface area (Å²) in [5, 5.41) is 16.1. The lowest BCUT2D eigenvalue weighted by Gasteiger charge is -2.15. The molecular weight excluding hydrogens is 355 g/mol. The van der Waals surface area contributed by atoms with E-state index >= 15 is 0 Å². The highest BCUT2D eigenvalue weighted by molar-refractivity contribution is 6.30. The summed E-state index contributed by atoms with van der Waals surface area (Å²) in [6, 6.07) is 6.27. The van der Waals surface area contributed by atoms with Gasteiger partial charge in [0.2, 0.25) is 5.91 Å². The van der Waals surface area contributed by atoms with E-state index in [0.29, 0.717) is 25.8 Å². The van der Waals surface area contributed by atoms with Crippen LogP contribution in [0.4, 0.5) is 4.39 Å². The summed E-state index contributed by atoms with van der Waals surface area (Å²) in [5.74, 6) is -0.574. The lowest BCUT2D eigenvalue weighted by atomic mass is 10.1. The number of halogens is 2. The van der Waals surface area contributed by atoms with Crippen LogP contribution in [0.25, 0.3) is 0 Å². The summed E-state index contributed by atoms with van der Waals surface area (Å²) in [4.78, 5) is 12.3. The summed E-state index contributed by atoms with van der Waals surface area (Å²) in [6.07, 6.45) is 1.30. The number of rotatable bonds is 7. The van der Waals surface area contributed by atoms with Gasteiger partial charge in [-0.15, -0.1) is 0 Å². The van der Waals surface area contributed by atoms with Crippen LogP contribution in [0, 0.1) is 31.0 Å². The van der Waals surface area contributed by atoms with Crippen molar-refractivity contribution in [3.8, 4) is 6.07 Å². The number of carbonyl (C=O) groups is 1. The summed E-state index contributed by atoms with van der Waals surface area (Å²) >= 11 is 5.79. The predicted octanol–water partition coefficient (Wildman–Crippen LogP) is 4.02. The fraction of sp³-hybridized carbons (Fsp3) is 0.421. The second-order valence-corrected chi connectivity index (χ2v) is 6.65. The van der Waals surface area contributed by atoms with Crippen molar-refractivity contribution < 1.29 is 9.18 Å². The van der Waals surface area contributed by atoms with Crippen molar-refractivity contribution in [3.63, 3.8) is 0 Å². The number of nitrogens with zero attached hydrogens (tertiary/aromatic N) is 3. The first-order chi connectivity index (χ1) is 12.3. The van der Waals surface area contributed by atoms with Crippen molar-refractivity contribution in [1.29, 1.82) is 5.26 Å². The molecule has 1 heterocycles. The van der Waals surface area contributed by atoms with Gasteiger partial charge in [-0.1, -0.05) is 17.7 Å². The molecule has 0 aliphatic heterocycles. The number of aromatic nitrogens is 2. The molecule has 0 radical (unpaired) electrons. The SMILES string of the molecule is Cc1nn(CCC#N)c(C)c1CCC(=O)NC(C)c1ccc(F)c(Cl)c1. The van der Waals surface area contributed by atoms with Crippen LogP contribution in [0.1, 0.15) is 48.3 Å². The van der Waals surface area contributed by atoms with E-state index in [1.807, 2.05) is 25.5 Å². The molecule has 1 N–H and O–H groups in total. The summed E-state index contributed by atoms with van der Waals surface area (Å²) in [6.45, 7) is 6.25. The highest BCUT2D eigenvalue weighted by atomic mass is 35.5. The third-order valence-electron chi connectivity index (χ3n) is 4.39. The molecule has 0 fully saturated rings. The van der Waals surface area contributed by atoms with Crippen LogP contribution in [0.2, 0.25) is 5.02 Å². The molecule has 0 aliphatic rings. The van der Waals surface area contributed by atoms with Crippen molar-refractivity contribution in [1.82, 2.24) is 15.1 Å². The van der Waals surface area contributed by atoms with Crippen LogP contribution in [0.5, 0.6) is 0 Å². The summed E-state index contributed by atoms with van der Waals surface area (Å²) < 4.78 is 15.1. The van der Waals surface area contributed by atoms with Crippen molar-refractivity contribution >= 4 is 17.5 Å². The molecule has 1 unspecified atom stereocenters. The van der Waals surface area contributed by atoms with E-state index in [0.717, 1.165) is 22.5 Å². The van der Waals surface area contributed by atoms with E-state index in [2.05, 4.69) is 16.5 Å². The first-order valence-electron chi connectivity index (χ1n) is 8.47. The van der Waals surface area contributed by atoms with E-state index in [1.54, 1.807) is 6.07 Å². The molecule has 26 heavy (non-hydrogen) atoms. The van der Waals surface area contributed by atoms with Crippen molar-refractivity contribution in [2.45, 2.75) is 52.6 Å². The molecule has 5 nitrogen and oxygen atoms in total. The molecule has 1 aromatic carbocycles. The van der Waals surface area contributed by atoms with Gasteiger partial charge in [0.1, 0.15) is 5.82 Å². The van der Waals surface area contributed by atoms with E-state index in [1.165, 1.54) is 12.1 Å². The maximum atomic E-state index is 13.2. The maximum Gasteiger partial charge on any atom is 0.220 e. The second-order valence-electron chi connectivity index (χ2n) is 6.24. The number of hydrogen-bond acceptors (Lipinski definition) is 3. The minimum Gasteiger partial charge on any atom is -0.350 e. The number of aryl methyl sites for hydroxylation is 2. The lowest BCUT2D eigenvalue weighted by molar-refractivity contribution is -0.121.